The van der Waals surface area contributed by atoms with Gasteiger partial charge in [-0.15, -0.1) is 0 Å². The van der Waals surface area contributed by atoms with Crippen LogP contribution < -0.4 is 5.32 Å². The van der Waals surface area contributed by atoms with Crippen molar-refractivity contribution >= 4 is 33.3 Å². The summed E-state index contributed by atoms with van der Waals surface area (Å²) < 4.78 is 31.9. The van der Waals surface area contributed by atoms with E-state index in [0.717, 1.165) is 0 Å². The van der Waals surface area contributed by atoms with Crippen LogP contribution >= 0.6 is 11.6 Å². The summed E-state index contributed by atoms with van der Waals surface area (Å²) in [6.07, 6.45) is 0. The van der Waals surface area contributed by atoms with Gasteiger partial charge in [-0.3, -0.25) is 0 Å². The number of aromatic nitrogens is 1. The quantitative estimate of drug-likeness (QED) is 0.856. The zero-order valence-electron chi connectivity index (χ0n) is 14.4. The third-order valence-electron chi connectivity index (χ3n) is 4.19. The van der Waals surface area contributed by atoms with Gasteiger partial charge in [0, 0.05) is 36.9 Å². The molecule has 1 fully saturated rings. The molecule has 0 bridgehead atoms. The number of rotatable bonds is 3. The van der Waals surface area contributed by atoms with Crippen molar-refractivity contribution in [2.45, 2.75) is 18.7 Å². The number of amides is 2. The first-order valence-corrected chi connectivity index (χ1v) is 9.85. The first-order chi connectivity index (χ1) is 12.3. The molecule has 26 heavy (non-hydrogen) atoms. The van der Waals surface area contributed by atoms with Gasteiger partial charge >= 0.3 is 6.03 Å². The Balaban J connectivity index is 1.63. The minimum atomic E-state index is -3.69. The SMILES string of the molecule is Cc1noc(C)c1S(=O)(=O)N1CCN(C(=O)Nc2ccc(Cl)cc2)CC1. The predicted molar refractivity (Wildman–Crippen MR) is 96.8 cm³/mol. The van der Waals surface area contributed by atoms with Crippen LogP contribution in [0, 0.1) is 13.8 Å². The van der Waals surface area contributed by atoms with E-state index in [1.165, 1.54) is 4.31 Å². The zero-order valence-corrected chi connectivity index (χ0v) is 16.0. The summed E-state index contributed by atoms with van der Waals surface area (Å²) in [4.78, 5) is 14.0. The normalized spacial score (nSPS) is 15.9. The lowest BCUT2D eigenvalue weighted by Crippen LogP contribution is -2.51. The minimum Gasteiger partial charge on any atom is -0.360 e. The second kappa shape index (κ2) is 7.26. The Bertz CT molecular complexity index is 883. The molecule has 1 aliphatic rings. The average Bonchev–Trinajstić information content (AvgIpc) is 2.96. The summed E-state index contributed by atoms with van der Waals surface area (Å²) >= 11 is 5.82. The van der Waals surface area contributed by atoms with Crippen molar-refractivity contribution in [3.8, 4) is 0 Å². The summed E-state index contributed by atoms with van der Waals surface area (Å²) in [6.45, 7) is 4.17. The number of benzene rings is 1. The summed E-state index contributed by atoms with van der Waals surface area (Å²) in [5.74, 6) is 0.269. The number of aryl methyl sites for hydroxylation is 2. The number of sulfonamides is 1. The van der Waals surface area contributed by atoms with Crippen LogP contribution in [0.15, 0.2) is 33.7 Å². The standard InChI is InChI=1S/C16H19ClN4O4S/c1-11-15(12(2)25-19-11)26(23,24)21-9-7-20(8-10-21)16(22)18-14-5-3-13(17)4-6-14/h3-6H,7-10H2,1-2H3,(H,18,22). The first-order valence-electron chi connectivity index (χ1n) is 8.03. The molecule has 0 atom stereocenters. The summed E-state index contributed by atoms with van der Waals surface area (Å²) in [7, 11) is -3.69. The van der Waals surface area contributed by atoms with Gasteiger partial charge in [0.15, 0.2) is 5.76 Å². The van der Waals surface area contributed by atoms with Crippen molar-refractivity contribution in [1.29, 1.82) is 0 Å². The van der Waals surface area contributed by atoms with Gasteiger partial charge in [-0.2, -0.15) is 4.31 Å². The fourth-order valence-corrected chi connectivity index (χ4v) is 4.68. The smallest absolute Gasteiger partial charge is 0.321 e. The van der Waals surface area contributed by atoms with E-state index in [2.05, 4.69) is 10.5 Å². The van der Waals surface area contributed by atoms with Crippen molar-refractivity contribution in [2.75, 3.05) is 31.5 Å². The number of nitrogens with one attached hydrogen (secondary N) is 1. The van der Waals surface area contributed by atoms with Gasteiger partial charge in [-0.25, -0.2) is 13.2 Å². The van der Waals surface area contributed by atoms with Crippen LogP contribution in [-0.2, 0) is 10.0 Å². The van der Waals surface area contributed by atoms with Gasteiger partial charge in [0.25, 0.3) is 0 Å². The number of carbonyl (C=O) groups excluding carboxylic acids is 1. The van der Waals surface area contributed by atoms with E-state index < -0.39 is 10.0 Å². The molecule has 2 amide bonds. The Hall–Kier alpha value is -2.10. The number of anilines is 1. The van der Waals surface area contributed by atoms with Crippen LogP contribution in [0.25, 0.3) is 0 Å². The van der Waals surface area contributed by atoms with Crippen molar-refractivity contribution in [1.82, 2.24) is 14.4 Å². The van der Waals surface area contributed by atoms with Crippen LogP contribution in [0.2, 0.25) is 5.02 Å². The highest BCUT2D eigenvalue weighted by Gasteiger charge is 2.34. The van der Waals surface area contributed by atoms with Crippen LogP contribution in [0.4, 0.5) is 10.5 Å². The number of carbonyl (C=O) groups is 1. The van der Waals surface area contributed by atoms with Crippen molar-refractivity contribution in [3.63, 3.8) is 0 Å². The Morgan fingerprint density at radius 3 is 2.31 bits per heavy atom. The number of urea groups is 1. The van der Waals surface area contributed by atoms with Gasteiger partial charge in [-0.05, 0) is 38.1 Å². The highest BCUT2D eigenvalue weighted by molar-refractivity contribution is 7.89. The minimum absolute atomic E-state index is 0.108. The monoisotopic (exact) mass is 398 g/mol. The van der Waals surface area contributed by atoms with Crippen LogP contribution in [0.3, 0.4) is 0 Å². The molecule has 1 saturated heterocycles. The van der Waals surface area contributed by atoms with E-state index in [9.17, 15) is 13.2 Å². The van der Waals surface area contributed by atoms with E-state index in [-0.39, 0.29) is 29.8 Å². The lowest BCUT2D eigenvalue weighted by molar-refractivity contribution is 0.184. The first kappa shape index (κ1) is 18.7. The number of hydrogen-bond donors (Lipinski definition) is 1. The highest BCUT2D eigenvalue weighted by atomic mass is 35.5. The third-order valence-corrected chi connectivity index (χ3v) is 6.58. The average molecular weight is 399 g/mol. The highest BCUT2D eigenvalue weighted by Crippen LogP contribution is 2.24. The fraction of sp³-hybridized carbons (Fsp3) is 0.375. The molecule has 1 aromatic carbocycles. The number of halogens is 1. The lowest BCUT2D eigenvalue weighted by atomic mass is 10.3. The van der Waals surface area contributed by atoms with E-state index in [1.807, 2.05) is 0 Å². The summed E-state index contributed by atoms with van der Waals surface area (Å²) in [5.41, 5.74) is 0.968. The van der Waals surface area contributed by atoms with Gasteiger partial charge in [0.05, 0.1) is 0 Å². The van der Waals surface area contributed by atoms with Gasteiger partial charge in [-0.1, -0.05) is 16.8 Å². The number of nitrogens with zero attached hydrogens (tertiary/aromatic N) is 3. The van der Waals surface area contributed by atoms with Crippen LogP contribution in [-0.4, -0.2) is 55.0 Å². The maximum absolute atomic E-state index is 12.8. The van der Waals surface area contributed by atoms with E-state index in [0.29, 0.717) is 29.5 Å². The Kier molecular flexibility index (Phi) is 5.22. The number of piperazine rings is 1. The fourth-order valence-electron chi connectivity index (χ4n) is 2.84. The molecular weight excluding hydrogens is 380 g/mol. The molecule has 0 saturated carbocycles. The maximum Gasteiger partial charge on any atom is 0.321 e. The van der Waals surface area contributed by atoms with E-state index >= 15 is 0 Å². The summed E-state index contributed by atoms with van der Waals surface area (Å²) in [5, 5.41) is 7.07. The van der Waals surface area contributed by atoms with Crippen molar-refractivity contribution < 1.29 is 17.7 Å². The molecule has 1 aliphatic heterocycles. The second-order valence-corrected chi connectivity index (χ2v) is 8.29. The van der Waals surface area contributed by atoms with Gasteiger partial charge in [0.1, 0.15) is 10.6 Å². The second-order valence-electron chi connectivity index (χ2n) is 5.98. The molecule has 2 aromatic rings. The van der Waals surface area contributed by atoms with Crippen LogP contribution in [0.1, 0.15) is 11.5 Å². The molecule has 1 N–H and O–H groups in total. The van der Waals surface area contributed by atoms with Crippen molar-refractivity contribution in [3.05, 3.63) is 40.7 Å². The molecule has 8 nitrogen and oxygen atoms in total. The van der Waals surface area contributed by atoms with Gasteiger partial charge < -0.3 is 14.7 Å². The Morgan fingerprint density at radius 1 is 1.15 bits per heavy atom. The third kappa shape index (κ3) is 3.69. The molecule has 10 heteroatoms. The molecule has 3 rings (SSSR count). The largest absolute Gasteiger partial charge is 0.360 e. The molecular formula is C16H19ClN4O4S. The maximum atomic E-state index is 12.8. The Labute approximate surface area is 156 Å². The van der Waals surface area contributed by atoms with Gasteiger partial charge in [0.2, 0.25) is 10.0 Å². The summed E-state index contributed by atoms with van der Waals surface area (Å²) in [6, 6.07) is 6.51. The molecule has 0 radical (unpaired) electrons. The molecule has 2 heterocycles. The molecule has 0 unspecified atom stereocenters. The van der Waals surface area contributed by atoms with Crippen LogP contribution in [0.5, 0.6) is 0 Å². The zero-order chi connectivity index (χ0) is 18.9. The molecule has 1 aromatic heterocycles. The van der Waals surface area contributed by atoms with E-state index in [1.54, 1.807) is 43.0 Å². The lowest BCUT2D eigenvalue weighted by Gasteiger charge is -2.33. The number of hydrogen-bond acceptors (Lipinski definition) is 5. The van der Waals surface area contributed by atoms with E-state index in [4.69, 9.17) is 16.1 Å². The molecule has 0 spiro atoms. The Morgan fingerprint density at radius 2 is 1.77 bits per heavy atom. The van der Waals surface area contributed by atoms with Crippen molar-refractivity contribution in [2.24, 2.45) is 0 Å². The molecule has 140 valence electrons. The molecule has 0 aliphatic carbocycles. The topological polar surface area (TPSA) is 95.8 Å². The predicted octanol–water partition coefficient (Wildman–Crippen LogP) is 2.48.